The van der Waals surface area contributed by atoms with Crippen LogP contribution in [0.4, 0.5) is 0 Å². The van der Waals surface area contributed by atoms with Crippen LogP contribution in [0.1, 0.15) is 33.3 Å². The average molecular weight is 295 g/mol. The third-order valence-electron chi connectivity index (χ3n) is 2.87. The molecule has 1 nitrogen and oxygen atoms in total. The Morgan fingerprint density at radius 2 is 1.56 bits per heavy atom. The van der Waals surface area contributed by atoms with Crippen LogP contribution in [0.5, 0.6) is 0 Å². The summed E-state index contributed by atoms with van der Waals surface area (Å²) in [5.41, 5.74) is 1.42. The Hall–Kier alpha value is 0.426. The molecule has 0 spiro atoms. The molecule has 0 saturated heterocycles. The normalized spacial score (nSPS) is 11.2. The van der Waals surface area contributed by atoms with E-state index >= 15 is 0 Å². The van der Waals surface area contributed by atoms with Crippen LogP contribution >= 0.6 is 12.9 Å². The fourth-order valence-electron chi connectivity index (χ4n) is 1.91. The van der Waals surface area contributed by atoms with Gasteiger partial charge in [-0.1, -0.05) is 24.3 Å². The summed E-state index contributed by atoms with van der Waals surface area (Å²) < 4.78 is 1.48. The molecule has 0 aromatic heterocycles. The molecule has 0 atom stereocenters. The molecule has 0 aliphatic heterocycles. The molecule has 0 N–H and O–H groups in total. The minimum Gasteiger partial charge on any atom is -0.296 e. The van der Waals surface area contributed by atoms with Gasteiger partial charge in [-0.3, -0.25) is 17.8 Å². The molecule has 0 bridgehead atoms. The number of nitrogens with zero attached hydrogens (tertiary/aromatic N) is 1. The van der Waals surface area contributed by atoms with Crippen LogP contribution in [0.25, 0.3) is 0 Å². The van der Waals surface area contributed by atoms with Crippen molar-refractivity contribution in [3.63, 3.8) is 0 Å². The van der Waals surface area contributed by atoms with Gasteiger partial charge in [-0.15, -0.1) is 0 Å². The van der Waals surface area contributed by atoms with E-state index in [1.807, 2.05) is 0 Å². The topological polar surface area (TPSA) is 3.24 Å². The van der Waals surface area contributed by atoms with Crippen molar-refractivity contribution < 1.29 is 0 Å². The van der Waals surface area contributed by atoms with E-state index < -0.39 is 0 Å². The zero-order valence-corrected chi connectivity index (χ0v) is 13.7. The summed E-state index contributed by atoms with van der Waals surface area (Å²) in [7, 11) is 0. The number of halogens is 1. The van der Waals surface area contributed by atoms with Crippen LogP contribution < -0.4 is 3.69 Å². The first-order valence-electron chi connectivity index (χ1n) is 5.94. The number of hydrogen-bond acceptors (Lipinski definition) is 1. The Morgan fingerprint density at radius 3 is 1.94 bits per heavy atom. The van der Waals surface area contributed by atoms with E-state index in [0.717, 1.165) is 6.54 Å². The molecule has 86 valence electrons. The van der Waals surface area contributed by atoms with Crippen molar-refractivity contribution in [1.82, 2.24) is 4.90 Å². The summed E-state index contributed by atoms with van der Waals surface area (Å²) in [5, 5.41) is 0. The second-order valence-corrected chi connectivity index (χ2v) is 7.58. The monoisotopic (exact) mass is 293 g/mol. The minimum atomic E-state index is -0.184. The van der Waals surface area contributed by atoms with E-state index in [9.17, 15) is 0 Å². The summed E-state index contributed by atoms with van der Waals surface area (Å²) >= 11 is 3.42. The lowest BCUT2D eigenvalue weighted by atomic mass is 10.1. The van der Waals surface area contributed by atoms with Gasteiger partial charge in [0.15, 0.2) is 0 Å². The number of benzene rings is 1. The van der Waals surface area contributed by atoms with Gasteiger partial charge in [0.05, 0.1) is 0 Å². The first kappa shape index (κ1) is 14.5. The highest BCUT2D eigenvalue weighted by Gasteiger charge is 2.13. The Labute approximate surface area is 115 Å². The summed E-state index contributed by atoms with van der Waals surface area (Å²) in [4.78, 5) is 2.51. The third kappa shape index (κ3) is 4.36. The van der Waals surface area contributed by atoms with Crippen LogP contribution in [0.3, 0.4) is 0 Å². The summed E-state index contributed by atoms with van der Waals surface area (Å²) in [5.74, 6) is 0. The molecule has 16 heavy (non-hydrogen) atoms. The van der Waals surface area contributed by atoms with Crippen molar-refractivity contribution in [2.24, 2.45) is 0 Å². The molecule has 0 heterocycles. The van der Waals surface area contributed by atoms with Crippen LogP contribution in [-0.2, 0) is 6.54 Å². The van der Waals surface area contributed by atoms with Crippen LogP contribution in [0.15, 0.2) is 24.3 Å². The van der Waals surface area contributed by atoms with E-state index in [1.54, 1.807) is 0 Å². The van der Waals surface area contributed by atoms with Gasteiger partial charge < -0.3 is 0 Å². The van der Waals surface area contributed by atoms with Crippen LogP contribution in [-0.4, -0.2) is 35.2 Å². The molecule has 3 heteroatoms. The molecular formula is C13H20BrMgN. The van der Waals surface area contributed by atoms with Crippen molar-refractivity contribution in [2.75, 3.05) is 0 Å². The molecule has 0 aliphatic carbocycles. The predicted octanol–water partition coefficient (Wildman–Crippen LogP) is 2.94. The smallest absolute Gasteiger partial charge is 0.296 e. The second-order valence-electron chi connectivity index (χ2n) is 4.81. The second kappa shape index (κ2) is 6.99. The predicted molar refractivity (Wildman–Crippen MR) is 76.6 cm³/mol. The van der Waals surface area contributed by atoms with Gasteiger partial charge in [-0.2, -0.15) is 3.69 Å². The van der Waals surface area contributed by atoms with Crippen LogP contribution in [0.2, 0.25) is 0 Å². The fraction of sp³-hybridized carbons (Fsp3) is 0.538. The highest BCUT2D eigenvalue weighted by atomic mass is 79.9. The maximum Gasteiger partial charge on any atom is 0.506 e. The van der Waals surface area contributed by atoms with Crippen molar-refractivity contribution in [2.45, 2.75) is 46.3 Å². The highest BCUT2D eigenvalue weighted by Crippen LogP contribution is 2.11. The van der Waals surface area contributed by atoms with Gasteiger partial charge in [0.25, 0.3) is 0 Å². The molecule has 1 aromatic rings. The Bertz CT molecular complexity index is 300. The summed E-state index contributed by atoms with van der Waals surface area (Å²) in [6, 6.07) is 10.3. The molecule has 1 aromatic carbocycles. The molecule has 0 fully saturated rings. The lowest BCUT2D eigenvalue weighted by Gasteiger charge is -2.30. The van der Waals surface area contributed by atoms with Gasteiger partial charge >= 0.3 is 18.2 Å². The summed E-state index contributed by atoms with van der Waals surface area (Å²) in [6.07, 6.45) is 0. The van der Waals surface area contributed by atoms with E-state index in [2.05, 4.69) is 69.7 Å². The minimum absolute atomic E-state index is 0.184. The Kier molecular flexibility index (Phi) is 6.33. The van der Waals surface area contributed by atoms with Gasteiger partial charge in [0, 0.05) is 18.6 Å². The largest absolute Gasteiger partial charge is 0.506 e. The van der Waals surface area contributed by atoms with Crippen molar-refractivity contribution in [3.05, 3.63) is 29.8 Å². The maximum absolute atomic E-state index is 3.61. The molecule has 0 unspecified atom stereocenters. The SMILES string of the molecule is CC(C)N(Cc1cc[c]([Mg][Br])cc1)C(C)C. The molecular weight excluding hydrogens is 274 g/mol. The lowest BCUT2D eigenvalue weighted by Crippen LogP contribution is -2.36. The Balaban J connectivity index is 2.70. The highest BCUT2D eigenvalue weighted by molar-refractivity contribution is 9.23. The van der Waals surface area contributed by atoms with Crippen molar-refractivity contribution >= 4 is 34.8 Å². The standard InChI is InChI=1S/C13H20N.BrH.Mg/c1-11(2)14(12(3)4)10-13-8-6-5-7-9-13;;/h6-9,11-12H,10H2,1-4H3;1H;/q;;+1/p-1. The quantitative estimate of drug-likeness (QED) is 0.755. The lowest BCUT2D eigenvalue weighted by molar-refractivity contribution is 0.166. The van der Waals surface area contributed by atoms with Gasteiger partial charge in [0.1, 0.15) is 0 Å². The molecule has 0 saturated carbocycles. The summed E-state index contributed by atoms with van der Waals surface area (Å²) in [6.45, 7) is 10.1. The molecule has 0 aliphatic rings. The van der Waals surface area contributed by atoms with E-state index in [0.29, 0.717) is 12.1 Å². The van der Waals surface area contributed by atoms with Crippen molar-refractivity contribution in [3.8, 4) is 0 Å². The van der Waals surface area contributed by atoms with Gasteiger partial charge in [-0.05, 0) is 33.3 Å². The van der Waals surface area contributed by atoms with Gasteiger partial charge in [0.2, 0.25) is 0 Å². The van der Waals surface area contributed by atoms with E-state index in [-0.39, 0.29) is 18.2 Å². The first-order valence-corrected chi connectivity index (χ1v) is 10.5. The number of hydrogen-bond donors (Lipinski definition) is 0. The first-order chi connectivity index (χ1) is 7.54. The number of rotatable bonds is 5. The Morgan fingerprint density at radius 1 is 1.06 bits per heavy atom. The van der Waals surface area contributed by atoms with Crippen molar-refractivity contribution in [1.29, 1.82) is 0 Å². The average Bonchev–Trinajstić information content (AvgIpc) is 2.25. The molecule has 1 rings (SSSR count). The zero-order valence-electron chi connectivity index (χ0n) is 10.7. The van der Waals surface area contributed by atoms with Gasteiger partial charge in [-0.25, -0.2) is 0 Å². The third-order valence-corrected chi connectivity index (χ3v) is 5.59. The fourth-order valence-corrected chi connectivity index (χ4v) is 3.44. The molecule has 0 radical (unpaired) electrons. The maximum atomic E-state index is 3.61. The zero-order chi connectivity index (χ0) is 12.1. The van der Waals surface area contributed by atoms with E-state index in [4.69, 9.17) is 0 Å². The molecule has 0 amide bonds. The van der Waals surface area contributed by atoms with E-state index in [1.165, 1.54) is 9.26 Å². The van der Waals surface area contributed by atoms with Crippen LogP contribution in [0, 0.1) is 0 Å².